The smallest absolute Gasteiger partial charge is 0.195 e. The average molecular weight is 271 g/mol. The number of carboxylic acid groups (broad SMARTS) is 1. The second kappa shape index (κ2) is 5.63. The molecule has 19 heavy (non-hydrogen) atoms. The summed E-state index contributed by atoms with van der Waals surface area (Å²) in [5, 5.41) is 10.6. The molecule has 0 unspecified atom stereocenters. The molecule has 1 aromatic carbocycles. The maximum absolute atomic E-state index is 11.8. The number of rotatable bonds is 4. The normalized spacial score (nSPS) is 10.8. The van der Waals surface area contributed by atoms with E-state index in [-0.39, 0.29) is 11.3 Å². The standard InChI is InChI=1S/C15H12O3S/c1-10-2-9-14(19-10)13(16)8-5-11-3-6-12(7-4-11)15(17)18/h2-9H,1H3,(H,17,18)/p-1/b8-5+. The van der Waals surface area contributed by atoms with Gasteiger partial charge in [-0.2, -0.15) is 0 Å². The van der Waals surface area contributed by atoms with Crippen molar-refractivity contribution >= 4 is 29.2 Å². The van der Waals surface area contributed by atoms with E-state index in [4.69, 9.17) is 0 Å². The van der Waals surface area contributed by atoms with Gasteiger partial charge in [-0.15, -0.1) is 11.3 Å². The highest BCUT2D eigenvalue weighted by molar-refractivity contribution is 7.14. The lowest BCUT2D eigenvalue weighted by atomic mass is 10.1. The van der Waals surface area contributed by atoms with Gasteiger partial charge in [-0.3, -0.25) is 4.79 Å². The molecule has 0 bridgehead atoms. The summed E-state index contributed by atoms with van der Waals surface area (Å²) in [4.78, 5) is 24.2. The minimum Gasteiger partial charge on any atom is -0.545 e. The van der Waals surface area contributed by atoms with Crippen molar-refractivity contribution in [3.8, 4) is 0 Å². The molecule has 2 aromatic rings. The molecule has 96 valence electrons. The van der Waals surface area contributed by atoms with Gasteiger partial charge in [0.15, 0.2) is 5.78 Å². The van der Waals surface area contributed by atoms with Gasteiger partial charge in [0.25, 0.3) is 0 Å². The van der Waals surface area contributed by atoms with Crippen LogP contribution in [0.2, 0.25) is 0 Å². The largest absolute Gasteiger partial charge is 0.545 e. The van der Waals surface area contributed by atoms with Gasteiger partial charge >= 0.3 is 0 Å². The fourth-order valence-electron chi connectivity index (χ4n) is 1.55. The number of carboxylic acids is 1. The predicted octanol–water partition coefficient (Wildman–Crippen LogP) is 2.32. The van der Waals surface area contributed by atoms with E-state index in [1.54, 1.807) is 24.3 Å². The maximum Gasteiger partial charge on any atom is 0.195 e. The molecule has 0 radical (unpaired) electrons. The highest BCUT2D eigenvalue weighted by atomic mass is 32.1. The summed E-state index contributed by atoms with van der Waals surface area (Å²) < 4.78 is 0. The lowest BCUT2D eigenvalue weighted by molar-refractivity contribution is -0.255. The molecule has 0 aliphatic carbocycles. The molecule has 0 N–H and O–H groups in total. The number of allylic oxidation sites excluding steroid dienone is 1. The van der Waals surface area contributed by atoms with Crippen LogP contribution in [0.25, 0.3) is 6.08 Å². The second-order valence-corrected chi connectivity index (χ2v) is 5.31. The highest BCUT2D eigenvalue weighted by Crippen LogP contribution is 2.16. The molecule has 2 rings (SSSR count). The minimum absolute atomic E-state index is 0.0536. The van der Waals surface area contributed by atoms with E-state index >= 15 is 0 Å². The predicted molar refractivity (Wildman–Crippen MR) is 73.2 cm³/mol. The summed E-state index contributed by atoms with van der Waals surface area (Å²) in [6, 6.07) is 9.87. The molecule has 0 saturated heterocycles. The quantitative estimate of drug-likeness (QED) is 0.633. The van der Waals surface area contributed by atoms with Crippen molar-refractivity contribution in [1.82, 2.24) is 0 Å². The van der Waals surface area contributed by atoms with Crippen molar-refractivity contribution in [2.75, 3.05) is 0 Å². The van der Waals surface area contributed by atoms with Crippen molar-refractivity contribution in [3.05, 3.63) is 63.4 Å². The van der Waals surface area contributed by atoms with Gasteiger partial charge in [0, 0.05) is 4.88 Å². The van der Waals surface area contributed by atoms with Crippen molar-refractivity contribution in [2.24, 2.45) is 0 Å². The molecule has 0 spiro atoms. The van der Waals surface area contributed by atoms with E-state index in [1.807, 2.05) is 13.0 Å². The number of hydrogen-bond donors (Lipinski definition) is 0. The first-order chi connectivity index (χ1) is 9.06. The molecule has 0 aliphatic heterocycles. The van der Waals surface area contributed by atoms with E-state index in [0.717, 1.165) is 10.4 Å². The summed E-state index contributed by atoms with van der Waals surface area (Å²) in [6.07, 6.45) is 3.15. The fourth-order valence-corrected chi connectivity index (χ4v) is 2.34. The molecule has 0 fully saturated rings. The van der Waals surface area contributed by atoms with Gasteiger partial charge in [-0.25, -0.2) is 0 Å². The van der Waals surface area contributed by atoms with Crippen molar-refractivity contribution in [1.29, 1.82) is 0 Å². The van der Waals surface area contributed by atoms with Crippen LogP contribution in [0.4, 0.5) is 0 Å². The van der Waals surface area contributed by atoms with Gasteiger partial charge in [0.05, 0.1) is 10.8 Å². The highest BCUT2D eigenvalue weighted by Gasteiger charge is 2.03. The Morgan fingerprint density at radius 1 is 1.11 bits per heavy atom. The van der Waals surface area contributed by atoms with Crippen LogP contribution in [0.15, 0.2) is 42.5 Å². The zero-order valence-electron chi connectivity index (χ0n) is 10.3. The Morgan fingerprint density at radius 2 is 1.79 bits per heavy atom. The molecular formula is C15H11O3S-. The van der Waals surface area contributed by atoms with Crippen molar-refractivity contribution in [3.63, 3.8) is 0 Å². The van der Waals surface area contributed by atoms with Gasteiger partial charge in [-0.1, -0.05) is 30.3 Å². The lowest BCUT2D eigenvalue weighted by Crippen LogP contribution is -2.21. The molecule has 4 heteroatoms. The van der Waals surface area contributed by atoms with Crippen LogP contribution in [-0.4, -0.2) is 11.8 Å². The Kier molecular flexibility index (Phi) is 3.92. The first-order valence-corrected chi connectivity index (χ1v) is 6.48. The fraction of sp³-hybridized carbons (Fsp3) is 0.0667. The Morgan fingerprint density at radius 3 is 2.32 bits per heavy atom. The first-order valence-electron chi connectivity index (χ1n) is 5.66. The number of thiophene rings is 1. The summed E-state index contributed by atoms with van der Waals surface area (Å²) in [5.74, 6) is -1.26. The topological polar surface area (TPSA) is 57.2 Å². The minimum atomic E-state index is -1.21. The molecule has 1 aromatic heterocycles. The second-order valence-electron chi connectivity index (χ2n) is 4.02. The number of benzene rings is 1. The summed E-state index contributed by atoms with van der Waals surface area (Å²) in [7, 11) is 0. The number of aromatic carboxylic acids is 1. The van der Waals surface area contributed by atoms with Gasteiger partial charge in [-0.05, 0) is 36.3 Å². The lowest BCUT2D eigenvalue weighted by Gasteiger charge is -2.01. The first kappa shape index (κ1) is 13.2. The Hall–Kier alpha value is -2.20. The summed E-state index contributed by atoms with van der Waals surface area (Å²) in [6.45, 7) is 1.95. The molecular weight excluding hydrogens is 260 g/mol. The van der Waals surface area contributed by atoms with Crippen LogP contribution in [0, 0.1) is 6.92 Å². The van der Waals surface area contributed by atoms with E-state index in [1.165, 1.54) is 29.5 Å². The van der Waals surface area contributed by atoms with Crippen LogP contribution < -0.4 is 5.11 Å². The van der Waals surface area contributed by atoms with Crippen LogP contribution in [0.5, 0.6) is 0 Å². The molecule has 3 nitrogen and oxygen atoms in total. The molecule has 0 atom stereocenters. The van der Waals surface area contributed by atoms with Crippen molar-refractivity contribution < 1.29 is 14.7 Å². The molecule has 0 aliphatic rings. The van der Waals surface area contributed by atoms with Gasteiger partial charge in [0.2, 0.25) is 0 Å². The van der Waals surface area contributed by atoms with E-state index in [0.29, 0.717) is 4.88 Å². The van der Waals surface area contributed by atoms with E-state index < -0.39 is 5.97 Å². The molecule has 1 heterocycles. The van der Waals surface area contributed by atoms with Crippen LogP contribution in [0.3, 0.4) is 0 Å². The third-order valence-electron chi connectivity index (χ3n) is 2.56. The zero-order chi connectivity index (χ0) is 13.8. The van der Waals surface area contributed by atoms with Gasteiger partial charge in [0.1, 0.15) is 0 Å². The SMILES string of the molecule is Cc1ccc(C(=O)/C=C/c2ccc(C(=O)[O-])cc2)s1. The van der Waals surface area contributed by atoms with E-state index in [2.05, 4.69) is 0 Å². The zero-order valence-corrected chi connectivity index (χ0v) is 11.1. The number of aryl methyl sites for hydroxylation is 1. The van der Waals surface area contributed by atoms with Gasteiger partial charge < -0.3 is 9.90 Å². The molecule has 0 amide bonds. The number of carbonyl (C=O) groups excluding carboxylic acids is 2. The third kappa shape index (κ3) is 3.39. The monoisotopic (exact) mass is 271 g/mol. The average Bonchev–Trinajstić information content (AvgIpc) is 2.83. The third-order valence-corrected chi connectivity index (χ3v) is 3.57. The Bertz CT molecular complexity index is 636. The number of hydrogen-bond acceptors (Lipinski definition) is 4. The number of ketones is 1. The summed E-state index contributed by atoms with van der Waals surface area (Å²) >= 11 is 1.45. The van der Waals surface area contributed by atoms with Crippen LogP contribution >= 0.6 is 11.3 Å². The number of carbonyl (C=O) groups is 2. The Balaban J connectivity index is 2.10. The molecule has 0 saturated carbocycles. The van der Waals surface area contributed by atoms with Crippen molar-refractivity contribution in [2.45, 2.75) is 6.92 Å². The van der Waals surface area contributed by atoms with Crippen LogP contribution in [-0.2, 0) is 0 Å². The summed E-state index contributed by atoms with van der Waals surface area (Å²) in [5.41, 5.74) is 0.893. The van der Waals surface area contributed by atoms with E-state index in [9.17, 15) is 14.7 Å². The maximum atomic E-state index is 11.8. The Labute approximate surface area is 114 Å². The van der Waals surface area contributed by atoms with Crippen LogP contribution in [0.1, 0.15) is 30.5 Å².